The smallest absolute Gasteiger partial charge is 0.314 e. The minimum atomic E-state index is -0.213. The maximum absolute atomic E-state index is 11.5. The normalized spacial score (nSPS) is 11.1. The molecule has 6 nitrogen and oxygen atoms in total. The molecule has 0 atom stereocenters. The van der Waals surface area contributed by atoms with Crippen molar-refractivity contribution in [2.24, 2.45) is 0 Å². The van der Waals surface area contributed by atoms with E-state index in [1.807, 2.05) is 19.1 Å². The molecule has 0 aliphatic heterocycles. The van der Waals surface area contributed by atoms with Gasteiger partial charge in [0.2, 0.25) is 0 Å². The van der Waals surface area contributed by atoms with E-state index in [2.05, 4.69) is 48.9 Å². The highest BCUT2D eigenvalue weighted by molar-refractivity contribution is 5.73. The van der Waals surface area contributed by atoms with E-state index in [0.29, 0.717) is 32.8 Å². The van der Waals surface area contributed by atoms with Crippen LogP contribution in [0.5, 0.6) is 0 Å². The van der Waals surface area contributed by atoms with Crippen LogP contribution < -0.4 is 16.0 Å². The molecular weight excluding hydrogens is 294 g/mol. The Hall–Kier alpha value is -1.79. The number of carbonyl (C=O) groups excluding carboxylic acids is 1. The van der Waals surface area contributed by atoms with E-state index in [0.717, 1.165) is 5.69 Å². The molecule has 0 aliphatic carbocycles. The van der Waals surface area contributed by atoms with Crippen LogP contribution in [0.1, 0.15) is 33.3 Å². The SMILES string of the molecule is CCOOCCNC(=O)NCCNc1cccc(C(C)(C)C)c1. The predicted octanol–water partition coefficient (Wildman–Crippen LogP) is 2.66. The summed E-state index contributed by atoms with van der Waals surface area (Å²) < 4.78 is 0. The van der Waals surface area contributed by atoms with Crippen LogP contribution in [-0.4, -0.2) is 38.9 Å². The first-order valence-corrected chi connectivity index (χ1v) is 8.04. The molecule has 0 saturated heterocycles. The van der Waals surface area contributed by atoms with Crippen LogP contribution in [0.4, 0.5) is 10.5 Å². The van der Waals surface area contributed by atoms with Gasteiger partial charge in [-0.05, 0) is 30.0 Å². The summed E-state index contributed by atoms with van der Waals surface area (Å²) in [4.78, 5) is 21.0. The van der Waals surface area contributed by atoms with E-state index in [-0.39, 0.29) is 11.4 Å². The monoisotopic (exact) mass is 323 g/mol. The summed E-state index contributed by atoms with van der Waals surface area (Å²) in [5, 5.41) is 8.78. The molecule has 0 aliphatic rings. The molecule has 1 rings (SSSR count). The van der Waals surface area contributed by atoms with Gasteiger partial charge in [0.05, 0.1) is 13.2 Å². The van der Waals surface area contributed by atoms with Gasteiger partial charge >= 0.3 is 6.03 Å². The molecule has 2 amide bonds. The maximum atomic E-state index is 11.5. The van der Waals surface area contributed by atoms with Crippen molar-refractivity contribution in [2.75, 3.05) is 38.2 Å². The Kier molecular flexibility index (Phi) is 8.43. The van der Waals surface area contributed by atoms with Crippen molar-refractivity contribution < 1.29 is 14.6 Å². The molecule has 23 heavy (non-hydrogen) atoms. The number of carbonyl (C=O) groups is 1. The van der Waals surface area contributed by atoms with Gasteiger partial charge in [0.15, 0.2) is 0 Å². The molecule has 0 saturated carbocycles. The summed E-state index contributed by atoms with van der Waals surface area (Å²) in [6.07, 6.45) is 0. The highest BCUT2D eigenvalue weighted by Gasteiger charge is 2.13. The molecule has 3 N–H and O–H groups in total. The molecule has 0 fully saturated rings. The lowest BCUT2D eigenvalue weighted by Gasteiger charge is -2.20. The molecule has 0 bridgehead atoms. The molecule has 0 radical (unpaired) electrons. The molecule has 0 heterocycles. The molecular formula is C17H29N3O3. The maximum Gasteiger partial charge on any atom is 0.314 e. The molecule has 1 aromatic rings. The van der Waals surface area contributed by atoms with Crippen molar-refractivity contribution in [1.29, 1.82) is 0 Å². The summed E-state index contributed by atoms with van der Waals surface area (Å²) in [5.41, 5.74) is 2.46. The molecule has 130 valence electrons. The van der Waals surface area contributed by atoms with Crippen molar-refractivity contribution in [3.05, 3.63) is 29.8 Å². The van der Waals surface area contributed by atoms with Gasteiger partial charge in [0.1, 0.15) is 0 Å². The van der Waals surface area contributed by atoms with Gasteiger partial charge in [-0.3, -0.25) is 0 Å². The second-order valence-electron chi connectivity index (χ2n) is 6.17. The lowest BCUT2D eigenvalue weighted by atomic mass is 9.87. The van der Waals surface area contributed by atoms with Crippen LogP contribution in [-0.2, 0) is 15.2 Å². The Bertz CT molecular complexity index is 472. The van der Waals surface area contributed by atoms with E-state index in [4.69, 9.17) is 9.78 Å². The Morgan fingerprint density at radius 3 is 2.52 bits per heavy atom. The standard InChI is InChI=1S/C17H29N3O3/c1-5-22-23-12-11-20-16(21)19-10-9-18-15-8-6-7-14(13-15)17(2,3)4/h6-8,13,18H,5,9-12H2,1-4H3,(H2,19,20,21). The second kappa shape index (κ2) is 10.1. The van der Waals surface area contributed by atoms with E-state index < -0.39 is 0 Å². The fraction of sp³-hybridized carbons (Fsp3) is 0.588. The zero-order valence-electron chi connectivity index (χ0n) is 14.6. The van der Waals surface area contributed by atoms with E-state index in [1.54, 1.807) is 0 Å². The van der Waals surface area contributed by atoms with Crippen LogP contribution in [0.25, 0.3) is 0 Å². The zero-order chi connectivity index (χ0) is 17.1. The molecule has 1 aromatic carbocycles. The minimum absolute atomic E-state index is 0.124. The van der Waals surface area contributed by atoms with Crippen LogP contribution in [0.2, 0.25) is 0 Å². The first kappa shape index (κ1) is 19.3. The number of benzene rings is 1. The highest BCUT2D eigenvalue weighted by atomic mass is 17.2. The molecule has 0 spiro atoms. The van der Waals surface area contributed by atoms with Gasteiger partial charge in [-0.15, -0.1) is 0 Å². The topological polar surface area (TPSA) is 71.6 Å². The molecule has 0 aromatic heterocycles. The second-order valence-corrected chi connectivity index (χ2v) is 6.17. The average Bonchev–Trinajstić information content (AvgIpc) is 2.51. The Morgan fingerprint density at radius 2 is 1.83 bits per heavy atom. The number of urea groups is 1. The Labute approximate surface area is 138 Å². The van der Waals surface area contributed by atoms with Crippen molar-refractivity contribution in [3.63, 3.8) is 0 Å². The number of rotatable bonds is 9. The lowest BCUT2D eigenvalue weighted by Crippen LogP contribution is -2.39. The van der Waals surface area contributed by atoms with E-state index >= 15 is 0 Å². The summed E-state index contributed by atoms with van der Waals surface area (Å²) >= 11 is 0. The minimum Gasteiger partial charge on any atom is -0.383 e. The first-order valence-electron chi connectivity index (χ1n) is 8.04. The summed E-state index contributed by atoms with van der Waals surface area (Å²) in [5.74, 6) is 0. The number of hydrogen-bond acceptors (Lipinski definition) is 4. The van der Waals surface area contributed by atoms with Crippen LogP contribution in [0, 0.1) is 0 Å². The fourth-order valence-corrected chi connectivity index (χ4v) is 1.89. The molecule has 6 heteroatoms. The summed E-state index contributed by atoms with van der Waals surface area (Å²) in [6.45, 7) is 10.8. The number of nitrogens with one attached hydrogen (secondary N) is 3. The van der Waals surface area contributed by atoms with Gasteiger partial charge in [0, 0.05) is 25.3 Å². The van der Waals surface area contributed by atoms with Crippen LogP contribution >= 0.6 is 0 Å². The predicted molar refractivity (Wildman–Crippen MR) is 92.6 cm³/mol. The van der Waals surface area contributed by atoms with Crippen molar-refractivity contribution in [1.82, 2.24) is 10.6 Å². The third-order valence-electron chi connectivity index (χ3n) is 3.14. The Morgan fingerprint density at radius 1 is 1.09 bits per heavy atom. The zero-order valence-corrected chi connectivity index (χ0v) is 14.6. The van der Waals surface area contributed by atoms with Gasteiger partial charge < -0.3 is 16.0 Å². The van der Waals surface area contributed by atoms with E-state index in [9.17, 15) is 4.79 Å². The lowest BCUT2D eigenvalue weighted by molar-refractivity contribution is -0.289. The Balaban J connectivity index is 2.18. The quantitative estimate of drug-likeness (QED) is 0.371. The van der Waals surface area contributed by atoms with Gasteiger partial charge in [0.25, 0.3) is 0 Å². The summed E-state index contributed by atoms with van der Waals surface area (Å²) in [7, 11) is 0. The first-order chi connectivity index (χ1) is 10.9. The number of hydrogen-bond donors (Lipinski definition) is 3. The van der Waals surface area contributed by atoms with Gasteiger partial charge in [-0.2, -0.15) is 0 Å². The summed E-state index contributed by atoms with van der Waals surface area (Å²) in [6, 6.07) is 8.13. The fourth-order valence-electron chi connectivity index (χ4n) is 1.89. The number of anilines is 1. The molecule has 0 unspecified atom stereocenters. The average molecular weight is 323 g/mol. The van der Waals surface area contributed by atoms with Crippen molar-refractivity contribution >= 4 is 11.7 Å². The third kappa shape index (κ3) is 8.42. The van der Waals surface area contributed by atoms with Crippen molar-refractivity contribution in [2.45, 2.75) is 33.1 Å². The highest BCUT2D eigenvalue weighted by Crippen LogP contribution is 2.24. The number of amides is 2. The van der Waals surface area contributed by atoms with Gasteiger partial charge in [-0.1, -0.05) is 32.9 Å². The largest absolute Gasteiger partial charge is 0.383 e. The van der Waals surface area contributed by atoms with Crippen molar-refractivity contribution in [3.8, 4) is 0 Å². The third-order valence-corrected chi connectivity index (χ3v) is 3.14. The van der Waals surface area contributed by atoms with Crippen LogP contribution in [0.3, 0.4) is 0 Å². The van der Waals surface area contributed by atoms with Gasteiger partial charge in [-0.25, -0.2) is 14.6 Å². The van der Waals surface area contributed by atoms with E-state index in [1.165, 1.54) is 5.56 Å². The van der Waals surface area contributed by atoms with Crippen LogP contribution in [0.15, 0.2) is 24.3 Å².